The summed E-state index contributed by atoms with van der Waals surface area (Å²) in [6.07, 6.45) is 7.04. The second-order valence-corrected chi connectivity index (χ2v) is 5.68. The van der Waals surface area contributed by atoms with Gasteiger partial charge in [-0.2, -0.15) is 0 Å². The van der Waals surface area contributed by atoms with Crippen LogP contribution in [0.15, 0.2) is 0 Å². The van der Waals surface area contributed by atoms with E-state index in [2.05, 4.69) is 22.0 Å². The molecular formula is C14H29N3. The molecular weight excluding hydrogens is 210 g/mol. The molecule has 0 spiro atoms. The van der Waals surface area contributed by atoms with E-state index in [1.165, 1.54) is 77.9 Å². The minimum Gasteiger partial charge on any atom is -0.314 e. The lowest BCUT2D eigenvalue weighted by molar-refractivity contribution is 0.153. The van der Waals surface area contributed by atoms with E-state index in [1.807, 2.05) is 0 Å². The number of unbranched alkanes of at least 4 members (excludes halogenated alkanes) is 1. The lowest BCUT2D eigenvalue weighted by Crippen LogP contribution is -2.44. The molecule has 2 heterocycles. The van der Waals surface area contributed by atoms with Crippen LogP contribution in [0.5, 0.6) is 0 Å². The number of hydrogen-bond donors (Lipinski definition) is 1. The van der Waals surface area contributed by atoms with Crippen LogP contribution in [0.1, 0.15) is 39.0 Å². The summed E-state index contributed by atoms with van der Waals surface area (Å²) in [5.74, 6) is 0. The maximum absolute atomic E-state index is 3.41. The Morgan fingerprint density at radius 3 is 2.53 bits per heavy atom. The van der Waals surface area contributed by atoms with Gasteiger partial charge in [-0.15, -0.1) is 0 Å². The second-order valence-electron chi connectivity index (χ2n) is 5.68. The van der Waals surface area contributed by atoms with Gasteiger partial charge < -0.3 is 15.1 Å². The number of nitrogens with one attached hydrogen (secondary N) is 1. The fourth-order valence-electron chi connectivity index (χ4n) is 3.07. The Morgan fingerprint density at radius 2 is 1.76 bits per heavy atom. The number of hydrogen-bond acceptors (Lipinski definition) is 3. The predicted molar refractivity (Wildman–Crippen MR) is 73.4 cm³/mol. The molecule has 1 unspecified atom stereocenters. The van der Waals surface area contributed by atoms with Crippen LogP contribution in [0.25, 0.3) is 0 Å². The average molecular weight is 239 g/mol. The molecule has 0 saturated carbocycles. The van der Waals surface area contributed by atoms with Crippen LogP contribution in [-0.2, 0) is 0 Å². The maximum atomic E-state index is 3.41. The summed E-state index contributed by atoms with van der Waals surface area (Å²) in [4.78, 5) is 5.30. The van der Waals surface area contributed by atoms with Crippen molar-refractivity contribution in [1.29, 1.82) is 0 Å². The molecule has 0 bridgehead atoms. The van der Waals surface area contributed by atoms with E-state index in [4.69, 9.17) is 0 Å². The largest absolute Gasteiger partial charge is 0.314 e. The van der Waals surface area contributed by atoms with Crippen LogP contribution in [0, 0.1) is 0 Å². The van der Waals surface area contributed by atoms with Crippen molar-refractivity contribution in [3.8, 4) is 0 Å². The molecule has 2 aliphatic heterocycles. The van der Waals surface area contributed by atoms with E-state index in [1.54, 1.807) is 0 Å². The predicted octanol–water partition coefficient (Wildman–Crippen LogP) is 1.55. The molecule has 0 aromatic carbocycles. The Bertz CT molecular complexity index is 202. The standard InChI is InChI=1S/C14H29N3/c1-14-6-2-3-10-17(14)11-5-4-9-16-12-7-15-8-13-16/h14-15H,2-13H2,1H3. The fraction of sp³-hybridized carbons (Fsp3) is 1.00. The van der Waals surface area contributed by atoms with Crippen molar-refractivity contribution >= 4 is 0 Å². The van der Waals surface area contributed by atoms with Gasteiger partial charge in [-0.3, -0.25) is 0 Å². The average Bonchev–Trinajstić information content (AvgIpc) is 2.38. The fourth-order valence-corrected chi connectivity index (χ4v) is 3.07. The molecule has 0 aromatic heterocycles. The van der Waals surface area contributed by atoms with Gasteiger partial charge in [0.1, 0.15) is 0 Å². The van der Waals surface area contributed by atoms with Crippen molar-refractivity contribution in [3.05, 3.63) is 0 Å². The Morgan fingerprint density at radius 1 is 1.00 bits per heavy atom. The Labute approximate surface area is 107 Å². The minimum atomic E-state index is 0.836. The van der Waals surface area contributed by atoms with Gasteiger partial charge in [0.05, 0.1) is 0 Å². The van der Waals surface area contributed by atoms with E-state index >= 15 is 0 Å². The summed E-state index contributed by atoms with van der Waals surface area (Å²) >= 11 is 0. The minimum absolute atomic E-state index is 0.836. The van der Waals surface area contributed by atoms with Crippen LogP contribution in [0.4, 0.5) is 0 Å². The highest BCUT2D eigenvalue weighted by Crippen LogP contribution is 2.16. The molecule has 0 amide bonds. The molecule has 2 rings (SSSR count). The molecule has 1 atom stereocenters. The number of piperazine rings is 1. The van der Waals surface area contributed by atoms with E-state index in [9.17, 15) is 0 Å². The van der Waals surface area contributed by atoms with Crippen molar-refractivity contribution in [3.63, 3.8) is 0 Å². The van der Waals surface area contributed by atoms with Gasteiger partial charge in [0.15, 0.2) is 0 Å². The van der Waals surface area contributed by atoms with Crippen molar-refractivity contribution < 1.29 is 0 Å². The van der Waals surface area contributed by atoms with Crippen LogP contribution < -0.4 is 5.32 Å². The SMILES string of the molecule is CC1CCCCN1CCCCN1CCNCC1. The first-order chi connectivity index (χ1) is 8.36. The molecule has 3 nitrogen and oxygen atoms in total. The van der Waals surface area contributed by atoms with Gasteiger partial charge in [-0.25, -0.2) is 0 Å². The van der Waals surface area contributed by atoms with Gasteiger partial charge >= 0.3 is 0 Å². The van der Waals surface area contributed by atoms with Crippen LogP contribution in [0.3, 0.4) is 0 Å². The van der Waals surface area contributed by atoms with E-state index in [0.717, 1.165) is 6.04 Å². The summed E-state index contributed by atoms with van der Waals surface area (Å²) in [5, 5.41) is 3.41. The Balaban J connectivity index is 1.53. The first-order valence-electron chi connectivity index (χ1n) is 7.53. The zero-order chi connectivity index (χ0) is 11.9. The molecule has 100 valence electrons. The van der Waals surface area contributed by atoms with Gasteiger partial charge in [0.25, 0.3) is 0 Å². The highest BCUT2D eigenvalue weighted by atomic mass is 15.2. The smallest absolute Gasteiger partial charge is 0.0107 e. The molecule has 3 heteroatoms. The first-order valence-corrected chi connectivity index (χ1v) is 7.53. The second kappa shape index (κ2) is 7.34. The van der Waals surface area contributed by atoms with Crippen LogP contribution in [0.2, 0.25) is 0 Å². The third-order valence-electron chi connectivity index (χ3n) is 4.32. The molecule has 2 fully saturated rings. The molecule has 0 aliphatic carbocycles. The molecule has 0 aromatic rings. The maximum Gasteiger partial charge on any atom is 0.0107 e. The van der Waals surface area contributed by atoms with Crippen molar-refractivity contribution in [2.45, 2.75) is 45.1 Å². The van der Waals surface area contributed by atoms with Gasteiger partial charge in [0.2, 0.25) is 0 Å². The molecule has 1 N–H and O–H groups in total. The van der Waals surface area contributed by atoms with E-state index < -0.39 is 0 Å². The number of nitrogens with zero attached hydrogens (tertiary/aromatic N) is 2. The van der Waals surface area contributed by atoms with Gasteiger partial charge in [-0.05, 0) is 52.2 Å². The highest BCUT2D eigenvalue weighted by molar-refractivity contribution is 4.73. The highest BCUT2D eigenvalue weighted by Gasteiger charge is 2.17. The van der Waals surface area contributed by atoms with Gasteiger partial charge in [-0.1, -0.05) is 6.42 Å². The quantitative estimate of drug-likeness (QED) is 0.734. The van der Waals surface area contributed by atoms with Crippen LogP contribution in [-0.4, -0.2) is 61.7 Å². The first kappa shape index (κ1) is 13.3. The van der Waals surface area contributed by atoms with Gasteiger partial charge in [0, 0.05) is 32.2 Å². The van der Waals surface area contributed by atoms with Crippen LogP contribution >= 0.6 is 0 Å². The lowest BCUT2D eigenvalue weighted by atomic mass is 10.0. The zero-order valence-electron chi connectivity index (χ0n) is 11.5. The summed E-state index contributed by atoms with van der Waals surface area (Å²) in [6, 6.07) is 0.836. The van der Waals surface area contributed by atoms with E-state index in [-0.39, 0.29) is 0 Å². The number of rotatable bonds is 5. The van der Waals surface area contributed by atoms with Crippen molar-refractivity contribution in [2.75, 3.05) is 45.8 Å². The normalized spacial score (nSPS) is 28.4. The molecule has 0 radical (unpaired) electrons. The zero-order valence-corrected chi connectivity index (χ0v) is 11.5. The third-order valence-corrected chi connectivity index (χ3v) is 4.32. The summed E-state index contributed by atoms with van der Waals surface area (Å²) in [7, 11) is 0. The summed E-state index contributed by atoms with van der Waals surface area (Å²) < 4.78 is 0. The Hall–Kier alpha value is -0.120. The molecule has 2 aliphatic rings. The monoisotopic (exact) mass is 239 g/mol. The number of likely N-dealkylation sites (tertiary alicyclic amines) is 1. The number of piperidine rings is 1. The van der Waals surface area contributed by atoms with E-state index in [0.29, 0.717) is 0 Å². The Kier molecular flexibility index (Phi) is 5.75. The summed E-state index contributed by atoms with van der Waals surface area (Å²) in [6.45, 7) is 11.2. The lowest BCUT2D eigenvalue weighted by Gasteiger charge is -2.33. The third kappa shape index (κ3) is 4.57. The van der Waals surface area contributed by atoms with Crippen molar-refractivity contribution in [1.82, 2.24) is 15.1 Å². The summed E-state index contributed by atoms with van der Waals surface area (Å²) in [5.41, 5.74) is 0. The molecule has 2 saturated heterocycles. The topological polar surface area (TPSA) is 18.5 Å². The van der Waals surface area contributed by atoms with Crippen molar-refractivity contribution in [2.24, 2.45) is 0 Å². The molecule has 17 heavy (non-hydrogen) atoms.